The minimum atomic E-state index is 0.556. The summed E-state index contributed by atoms with van der Waals surface area (Å²) in [5.74, 6) is 1.18. The third-order valence-corrected chi connectivity index (χ3v) is 3.04. The van der Waals surface area contributed by atoms with Crippen LogP contribution in [0.15, 0.2) is 6.33 Å². The van der Waals surface area contributed by atoms with Crippen molar-refractivity contribution in [2.45, 2.75) is 25.8 Å². The summed E-state index contributed by atoms with van der Waals surface area (Å²) >= 11 is 6.01. The molecule has 1 fully saturated rings. The Labute approximate surface area is 82.9 Å². The maximum atomic E-state index is 6.01. The van der Waals surface area contributed by atoms with E-state index in [1.54, 1.807) is 0 Å². The Balaban J connectivity index is 2.24. The molecule has 0 spiro atoms. The number of rotatable bonds is 3. The smallest absolute Gasteiger partial charge is 0.150 e. The van der Waals surface area contributed by atoms with Crippen LogP contribution in [0.4, 0.5) is 0 Å². The molecule has 72 valence electrons. The lowest BCUT2D eigenvalue weighted by atomic mass is 10.2. The van der Waals surface area contributed by atoms with Crippen molar-refractivity contribution in [1.82, 2.24) is 9.55 Å². The fraction of sp³-hybridized carbons (Fsp3) is 0.667. The van der Waals surface area contributed by atoms with Gasteiger partial charge in [0.05, 0.1) is 12.0 Å². The van der Waals surface area contributed by atoms with Gasteiger partial charge >= 0.3 is 0 Å². The van der Waals surface area contributed by atoms with Gasteiger partial charge in [0.2, 0.25) is 0 Å². The molecule has 1 aromatic heterocycles. The molecule has 0 bridgehead atoms. The van der Waals surface area contributed by atoms with E-state index in [4.69, 9.17) is 17.3 Å². The SMILES string of the molecule is CCn1cnc(Cl)c1C1CC1CN. The molecule has 1 aromatic rings. The largest absolute Gasteiger partial charge is 0.333 e. The standard InChI is InChI=1S/C9H14ClN3/c1-2-13-5-12-9(10)8(13)7-3-6(7)4-11/h5-7H,2-4,11H2,1H3. The monoisotopic (exact) mass is 199 g/mol. The topological polar surface area (TPSA) is 43.8 Å². The predicted molar refractivity (Wildman–Crippen MR) is 52.8 cm³/mol. The number of hydrogen-bond donors (Lipinski definition) is 1. The lowest BCUT2D eigenvalue weighted by Gasteiger charge is -2.04. The van der Waals surface area contributed by atoms with Gasteiger partial charge in [-0.2, -0.15) is 0 Å². The van der Waals surface area contributed by atoms with Crippen molar-refractivity contribution in [3.63, 3.8) is 0 Å². The van der Waals surface area contributed by atoms with Gasteiger partial charge in [0.1, 0.15) is 0 Å². The number of hydrogen-bond acceptors (Lipinski definition) is 2. The van der Waals surface area contributed by atoms with Crippen molar-refractivity contribution < 1.29 is 0 Å². The minimum Gasteiger partial charge on any atom is -0.333 e. The van der Waals surface area contributed by atoms with Gasteiger partial charge in [-0.25, -0.2) is 4.98 Å². The number of aryl methyl sites for hydroxylation is 1. The van der Waals surface area contributed by atoms with Gasteiger partial charge in [-0.3, -0.25) is 0 Å². The van der Waals surface area contributed by atoms with E-state index < -0.39 is 0 Å². The second-order valence-corrected chi connectivity index (χ2v) is 3.90. The van der Waals surface area contributed by atoms with Gasteiger partial charge in [-0.15, -0.1) is 0 Å². The Bertz CT molecular complexity index is 308. The van der Waals surface area contributed by atoms with Crippen LogP contribution < -0.4 is 5.73 Å². The number of nitrogens with zero attached hydrogens (tertiary/aromatic N) is 2. The first kappa shape index (κ1) is 9.03. The first-order valence-corrected chi connectivity index (χ1v) is 5.06. The predicted octanol–water partition coefficient (Wildman–Crippen LogP) is 1.62. The van der Waals surface area contributed by atoms with E-state index >= 15 is 0 Å². The van der Waals surface area contributed by atoms with Crippen LogP contribution in [0.2, 0.25) is 5.15 Å². The van der Waals surface area contributed by atoms with E-state index in [-0.39, 0.29) is 0 Å². The number of imidazole rings is 1. The normalized spacial score (nSPS) is 26.4. The van der Waals surface area contributed by atoms with E-state index in [2.05, 4.69) is 16.5 Å². The van der Waals surface area contributed by atoms with Crippen molar-refractivity contribution in [2.75, 3.05) is 6.54 Å². The molecule has 0 aromatic carbocycles. The van der Waals surface area contributed by atoms with Crippen LogP contribution in [-0.2, 0) is 6.54 Å². The fourth-order valence-corrected chi connectivity index (χ4v) is 2.12. The average Bonchev–Trinajstić information content (AvgIpc) is 2.82. The molecule has 0 saturated heterocycles. The summed E-state index contributed by atoms with van der Waals surface area (Å²) in [4.78, 5) is 4.10. The van der Waals surface area contributed by atoms with Gasteiger partial charge in [0.25, 0.3) is 0 Å². The molecule has 0 radical (unpaired) electrons. The summed E-state index contributed by atoms with van der Waals surface area (Å²) < 4.78 is 2.11. The molecule has 0 aliphatic heterocycles. The molecule has 3 nitrogen and oxygen atoms in total. The van der Waals surface area contributed by atoms with Crippen LogP contribution >= 0.6 is 11.6 Å². The Kier molecular flexibility index (Phi) is 2.30. The van der Waals surface area contributed by atoms with Gasteiger partial charge in [-0.1, -0.05) is 11.6 Å². The maximum Gasteiger partial charge on any atom is 0.150 e. The zero-order chi connectivity index (χ0) is 9.42. The molecule has 2 atom stereocenters. The molecular weight excluding hydrogens is 186 g/mol. The van der Waals surface area contributed by atoms with Gasteiger partial charge in [-0.05, 0) is 25.8 Å². The zero-order valence-electron chi connectivity index (χ0n) is 7.70. The Hall–Kier alpha value is -0.540. The van der Waals surface area contributed by atoms with Crippen LogP contribution in [-0.4, -0.2) is 16.1 Å². The molecule has 2 rings (SSSR count). The lowest BCUT2D eigenvalue weighted by molar-refractivity contribution is 0.691. The molecule has 4 heteroatoms. The molecular formula is C9H14ClN3. The van der Waals surface area contributed by atoms with Crippen molar-refractivity contribution in [3.05, 3.63) is 17.2 Å². The van der Waals surface area contributed by atoms with E-state index in [9.17, 15) is 0 Å². The molecule has 2 N–H and O–H groups in total. The lowest BCUT2D eigenvalue weighted by Crippen LogP contribution is -2.04. The van der Waals surface area contributed by atoms with Crippen LogP contribution in [0.25, 0.3) is 0 Å². The molecule has 1 aliphatic rings. The summed E-state index contributed by atoms with van der Waals surface area (Å²) in [7, 11) is 0. The molecule has 1 saturated carbocycles. The zero-order valence-corrected chi connectivity index (χ0v) is 8.46. The number of nitrogens with two attached hydrogens (primary N) is 1. The highest BCUT2D eigenvalue weighted by molar-refractivity contribution is 6.30. The van der Waals surface area contributed by atoms with Crippen molar-refractivity contribution in [2.24, 2.45) is 11.7 Å². The summed E-state index contributed by atoms with van der Waals surface area (Å²) in [6.07, 6.45) is 2.98. The summed E-state index contributed by atoms with van der Waals surface area (Å²) in [6, 6.07) is 0. The van der Waals surface area contributed by atoms with Gasteiger partial charge < -0.3 is 10.3 Å². The van der Waals surface area contributed by atoms with Crippen LogP contribution in [0.1, 0.15) is 25.0 Å². The molecule has 13 heavy (non-hydrogen) atoms. The van der Waals surface area contributed by atoms with Crippen molar-refractivity contribution >= 4 is 11.6 Å². The highest BCUT2D eigenvalue weighted by Gasteiger charge is 2.40. The van der Waals surface area contributed by atoms with E-state index in [1.807, 2.05) is 6.33 Å². The highest BCUT2D eigenvalue weighted by Crippen LogP contribution is 2.48. The molecule has 0 amide bonds. The third kappa shape index (κ3) is 1.46. The second kappa shape index (κ2) is 3.31. The molecule has 1 heterocycles. The third-order valence-electron chi connectivity index (χ3n) is 2.75. The van der Waals surface area contributed by atoms with Gasteiger partial charge in [0, 0.05) is 12.5 Å². The Morgan fingerprint density at radius 3 is 3.08 bits per heavy atom. The fourth-order valence-electron chi connectivity index (χ4n) is 1.83. The average molecular weight is 200 g/mol. The van der Waals surface area contributed by atoms with Crippen LogP contribution in [0.3, 0.4) is 0 Å². The van der Waals surface area contributed by atoms with Gasteiger partial charge in [0.15, 0.2) is 5.15 Å². The van der Waals surface area contributed by atoms with E-state index in [0.717, 1.165) is 13.1 Å². The van der Waals surface area contributed by atoms with E-state index in [0.29, 0.717) is 17.0 Å². The first-order valence-electron chi connectivity index (χ1n) is 4.68. The molecule has 2 unspecified atom stereocenters. The summed E-state index contributed by atoms with van der Waals surface area (Å²) in [6.45, 7) is 3.79. The van der Waals surface area contributed by atoms with Crippen molar-refractivity contribution in [1.29, 1.82) is 0 Å². The maximum absolute atomic E-state index is 6.01. The summed E-state index contributed by atoms with van der Waals surface area (Å²) in [5, 5.41) is 0.655. The number of aromatic nitrogens is 2. The highest BCUT2D eigenvalue weighted by atomic mass is 35.5. The number of halogens is 1. The Morgan fingerprint density at radius 1 is 1.77 bits per heavy atom. The quantitative estimate of drug-likeness (QED) is 0.804. The Morgan fingerprint density at radius 2 is 2.54 bits per heavy atom. The van der Waals surface area contributed by atoms with E-state index in [1.165, 1.54) is 12.1 Å². The van der Waals surface area contributed by atoms with Crippen LogP contribution in [0.5, 0.6) is 0 Å². The minimum absolute atomic E-state index is 0.556. The second-order valence-electron chi connectivity index (χ2n) is 3.54. The van der Waals surface area contributed by atoms with Crippen molar-refractivity contribution in [3.8, 4) is 0 Å². The summed E-state index contributed by atoms with van der Waals surface area (Å²) in [5.41, 5.74) is 6.78. The van der Waals surface area contributed by atoms with Crippen LogP contribution in [0, 0.1) is 5.92 Å². The first-order chi connectivity index (χ1) is 6.27. The molecule has 1 aliphatic carbocycles.